The molecule has 206 valence electrons. The summed E-state index contributed by atoms with van der Waals surface area (Å²) in [4.78, 5) is 4.31. The van der Waals surface area contributed by atoms with Gasteiger partial charge in [-0.2, -0.15) is 10.5 Å². The lowest BCUT2D eigenvalue weighted by molar-refractivity contribution is 0.477. The van der Waals surface area contributed by atoms with E-state index in [9.17, 15) is 10.5 Å². The highest BCUT2D eigenvalue weighted by Gasteiger charge is 2.33. The van der Waals surface area contributed by atoms with Crippen LogP contribution in [0.5, 0.6) is 23.0 Å². The number of ether oxygens (including phenoxy) is 2. The largest absolute Gasteiger partial charge is 0.453 e. The topological polar surface area (TPSA) is 72.5 Å². The molecule has 0 spiro atoms. The second kappa shape index (κ2) is 10.1. The Morgan fingerprint density at radius 3 is 1.05 bits per heavy atom. The fourth-order valence-electron chi connectivity index (χ4n) is 6.09. The van der Waals surface area contributed by atoms with Crippen LogP contribution in [0.2, 0.25) is 0 Å². The summed E-state index contributed by atoms with van der Waals surface area (Å²) in [5, 5.41) is 20.8. The van der Waals surface area contributed by atoms with E-state index in [1.165, 1.54) is 0 Å². The quantitative estimate of drug-likeness (QED) is 0.212. The monoisotopic (exact) mass is 566 g/mol. The third-order valence-corrected chi connectivity index (χ3v) is 7.92. The second-order valence-electron chi connectivity index (χ2n) is 10.4. The van der Waals surface area contributed by atoms with Crippen LogP contribution in [0.15, 0.2) is 133 Å². The zero-order valence-electron chi connectivity index (χ0n) is 23.3. The molecule has 2 heterocycles. The highest BCUT2D eigenvalue weighted by molar-refractivity contribution is 6.03. The van der Waals surface area contributed by atoms with Crippen LogP contribution in [0, 0.1) is 22.7 Å². The van der Waals surface area contributed by atoms with Crippen LogP contribution in [0.3, 0.4) is 0 Å². The summed E-state index contributed by atoms with van der Waals surface area (Å²) in [5.74, 6) is 2.83. The molecule has 0 N–H and O–H groups in total. The minimum absolute atomic E-state index is 0.405. The van der Waals surface area contributed by atoms with Crippen LogP contribution in [-0.4, -0.2) is 0 Å². The van der Waals surface area contributed by atoms with Gasteiger partial charge in [-0.05, 0) is 72.8 Å². The van der Waals surface area contributed by atoms with E-state index in [2.05, 4.69) is 21.9 Å². The zero-order valence-corrected chi connectivity index (χ0v) is 23.3. The number of benzene rings is 6. The molecule has 0 aromatic heterocycles. The SMILES string of the molecule is N#Cc1cccc(C#N)c1-c1c(N2c3ccccc3Oc3ccccc32)cccc1N1c2ccccc2Oc2ccccc21. The summed E-state index contributed by atoms with van der Waals surface area (Å²) < 4.78 is 12.7. The first kappa shape index (κ1) is 25.2. The van der Waals surface area contributed by atoms with Gasteiger partial charge < -0.3 is 19.3 Å². The molecular formula is C38H22N4O2. The first-order chi connectivity index (χ1) is 21.8. The first-order valence-corrected chi connectivity index (χ1v) is 14.2. The van der Waals surface area contributed by atoms with Crippen molar-refractivity contribution >= 4 is 34.1 Å². The molecule has 0 unspecified atom stereocenters. The van der Waals surface area contributed by atoms with Crippen LogP contribution in [0.25, 0.3) is 11.1 Å². The highest BCUT2D eigenvalue weighted by Crippen LogP contribution is 2.57. The molecule has 0 radical (unpaired) electrons. The molecule has 8 rings (SSSR count). The van der Waals surface area contributed by atoms with E-state index in [1.54, 1.807) is 18.2 Å². The lowest BCUT2D eigenvalue weighted by atomic mass is 9.90. The summed E-state index contributed by atoms with van der Waals surface area (Å²) in [6, 6.07) is 47.6. The molecule has 6 aromatic rings. The molecule has 0 amide bonds. The van der Waals surface area contributed by atoms with Gasteiger partial charge in [0.05, 0.1) is 57.4 Å². The van der Waals surface area contributed by atoms with Crippen LogP contribution in [0.1, 0.15) is 11.1 Å². The van der Waals surface area contributed by atoms with E-state index in [1.807, 2.05) is 115 Å². The molecule has 0 saturated heterocycles. The highest BCUT2D eigenvalue weighted by atomic mass is 16.5. The van der Waals surface area contributed by atoms with E-state index in [4.69, 9.17) is 9.47 Å². The second-order valence-corrected chi connectivity index (χ2v) is 10.4. The van der Waals surface area contributed by atoms with Gasteiger partial charge in [-0.1, -0.05) is 60.7 Å². The lowest BCUT2D eigenvalue weighted by Gasteiger charge is -2.37. The van der Waals surface area contributed by atoms with Gasteiger partial charge in [0.15, 0.2) is 23.0 Å². The molecule has 6 aromatic carbocycles. The van der Waals surface area contributed by atoms with E-state index in [0.29, 0.717) is 39.7 Å². The lowest BCUT2D eigenvalue weighted by Crippen LogP contribution is -2.20. The predicted octanol–water partition coefficient (Wildman–Crippen LogP) is 10.2. The Morgan fingerprint density at radius 2 is 0.682 bits per heavy atom. The molecule has 0 aliphatic carbocycles. The van der Waals surface area contributed by atoms with Crippen LogP contribution in [0.4, 0.5) is 34.1 Å². The van der Waals surface area contributed by atoms with Gasteiger partial charge in [-0.15, -0.1) is 0 Å². The molecule has 2 aliphatic rings. The predicted molar refractivity (Wildman–Crippen MR) is 171 cm³/mol. The van der Waals surface area contributed by atoms with Crippen molar-refractivity contribution in [1.29, 1.82) is 10.5 Å². The number of hydrogen-bond donors (Lipinski definition) is 0. The number of hydrogen-bond acceptors (Lipinski definition) is 6. The number of nitrogens with zero attached hydrogens (tertiary/aromatic N) is 4. The van der Waals surface area contributed by atoms with E-state index in [-0.39, 0.29) is 0 Å². The number of para-hydroxylation sites is 8. The maximum absolute atomic E-state index is 10.4. The van der Waals surface area contributed by atoms with E-state index in [0.717, 1.165) is 39.7 Å². The van der Waals surface area contributed by atoms with Crippen molar-refractivity contribution in [3.63, 3.8) is 0 Å². The van der Waals surface area contributed by atoms with Gasteiger partial charge in [0.2, 0.25) is 0 Å². The summed E-state index contributed by atoms with van der Waals surface area (Å²) in [5.41, 5.74) is 7.09. The fourth-order valence-corrected chi connectivity index (χ4v) is 6.09. The fraction of sp³-hybridized carbons (Fsp3) is 0. The van der Waals surface area contributed by atoms with Gasteiger partial charge in [-0.25, -0.2) is 0 Å². The Labute approximate surface area is 254 Å². The van der Waals surface area contributed by atoms with Gasteiger partial charge >= 0.3 is 0 Å². The normalized spacial score (nSPS) is 12.3. The smallest absolute Gasteiger partial charge is 0.151 e. The standard InChI is InChI=1S/C38H22N4O2/c39-23-25-11-9-12-26(24-40)37(25)38-31(41-27-13-1-5-19-33(27)43-34-20-6-2-14-28(34)41)17-10-18-32(38)42-29-15-3-7-21-35(29)44-36-22-8-4-16-30(36)42/h1-22H. The van der Waals surface area contributed by atoms with Crippen LogP contribution < -0.4 is 19.3 Å². The van der Waals surface area contributed by atoms with Gasteiger partial charge in [-0.3, -0.25) is 0 Å². The van der Waals surface area contributed by atoms with Gasteiger partial charge in [0.25, 0.3) is 0 Å². The van der Waals surface area contributed by atoms with Crippen molar-refractivity contribution in [1.82, 2.24) is 0 Å². The van der Waals surface area contributed by atoms with Crippen molar-refractivity contribution in [2.45, 2.75) is 0 Å². The molecular weight excluding hydrogens is 544 g/mol. The Kier molecular flexibility index (Phi) is 5.79. The minimum atomic E-state index is 0.405. The Bertz CT molecular complexity index is 1950. The zero-order chi connectivity index (χ0) is 29.6. The summed E-state index contributed by atoms with van der Waals surface area (Å²) in [6.07, 6.45) is 0. The van der Waals surface area contributed by atoms with Crippen molar-refractivity contribution in [2.75, 3.05) is 9.80 Å². The van der Waals surface area contributed by atoms with Crippen molar-refractivity contribution in [3.8, 4) is 46.3 Å². The van der Waals surface area contributed by atoms with Gasteiger partial charge in [0, 0.05) is 11.1 Å². The number of anilines is 6. The summed E-state index contributed by atoms with van der Waals surface area (Å²) in [7, 11) is 0. The van der Waals surface area contributed by atoms with E-state index < -0.39 is 0 Å². The number of rotatable bonds is 3. The molecule has 0 atom stereocenters. The molecule has 6 heteroatoms. The summed E-state index contributed by atoms with van der Waals surface area (Å²) in [6.45, 7) is 0. The molecule has 0 saturated carbocycles. The Morgan fingerprint density at radius 1 is 0.364 bits per heavy atom. The van der Waals surface area contributed by atoms with Gasteiger partial charge in [0.1, 0.15) is 0 Å². The third kappa shape index (κ3) is 3.80. The minimum Gasteiger partial charge on any atom is -0.453 e. The number of nitriles is 2. The van der Waals surface area contributed by atoms with E-state index >= 15 is 0 Å². The average molecular weight is 567 g/mol. The Hall–Kier alpha value is -6.50. The molecule has 2 aliphatic heterocycles. The molecule has 44 heavy (non-hydrogen) atoms. The van der Waals surface area contributed by atoms with Crippen molar-refractivity contribution < 1.29 is 9.47 Å². The van der Waals surface area contributed by atoms with Crippen molar-refractivity contribution in [2.24, 2.45) is 0 Å². The first-order valence-electron chi connectivity index (χ1n) is 14.2. The Balaban J connectivity index is 1.51. The third-order valence-electron chi connectivity index (χ3n) is 7.92. The number of fused-ring (bicyclic) bond motifs is 4. The molecule has 6 nitrogen and oxygen atoms in total. The summed E-state index contributed by atoms with van der Waals surface area (Å²) >= 11 is 0. The van der Waals surface area contributed by atoms with Crippen LogP contribution in [-0.2, 0) is 0 Å². The average Bonchev–Trinajstić information content (AvgIpc) is 3.08. The maximum Gasteiger partial charge on any atom is 0.151 e. The maximum atomic E-state index is 10.4. The van der Waals surface area contributed by atoms with Crippen molar-refractivity contribution in [3.05, 3.63) is 145 Å². The van der Waals surface area contributed by atoms with Crippen LogP contribution >= 0.6 is 0 Å². The molecule has 0 fully saturated rings. The molecule has 0 bridgehead atoms.